The third-order valence-corrected chi connectivity index (χ3v) is 6.41. The molecule has 4 heterocycles. The summed E-state index contributed by atoms with van der Waals surface area (Å²) >= 11 is 0. The first kappa shape index (κ1) is 24.0. The molecule has 0 aliphatic carbocycles. The highest BCUT2D eigenvalue weighted by molar-refractivity contribution is 5.99. The van der Waals surface area contributed by atoms with Crippen LogP contribution in [-0.2, 0) is 0 Å². The molecule has 0 aliphatic heterocycles. The Hall–Kier alpha value is -4.71. The number of aromatic nitrogens is 5. The van der Waals surface area contributed by atoms with Gasteiger partial charge in [0.15, 0.2) is 0 Å². The van der Waals surface area contributed by atoms with Crippen LogP contribution >= 0.6 is 0 Å². The summed E-state index contributed by atoms with van der Waals surface area (Å²) in [6.07, 6.45) is 8.53. The van der Waals surface area contributed by atoms with Gasteiger partial charge in [0, 0.05) is 23.0 Å². The minimum Gasteiger partial charge on any atom is -0.359 e. The van der Waals surface area contributed by atoms with Crippen molar-refractivity contribution in [2.75, 3.05) is 0 Å². The van der Waals surface area contributed by atoms with Crippen LogP contribution in [0.25, 0.3) is 50.2 Å². The van der Waals surface area contributed by atoms with Crippen molar-refractivity contribution in [1.82, 2.24) is 30.5 Å². The fraction of sp³-hybridized carbons (Fsp3) is 0.129. The molecule has 0 radical (unpaired) electrons. The summed E-state index contributed by atoms with van der Waals surface area (Å²) < 4.78 is 0. The van der Waals surface area contributed by atoms with Crippen LogP contribution < -0.4 is 5.32 Å². The van der Waals surface area contributed by atoms with E-state index in [1.165, 1.54) is 5.56 Å². The molecule has 5 aromatic rings. The number of nitrogens with zero attached hydrogens (tertiary/aromatic N) is 3. The second kappa shape index (κ2) is 10.1. The molecule has 4 aromatic heterocycles. The van der Waals surface area contributed by atoms with Gasteiger partial charge in [0.05, 0.1) is 16.9 Å². The van der Waals surface area contributed by atoms with Gasteiger partial charge >= 0.3 is 0 Å². The zero-order valence-electron chi connectivity index (χ0n) is 21.4. The number of pyridine rings is 2. The summed E-state index contributed by atoms with van der Waals surface area (Å²) in [6.45, 7) is 14.1. The van der Waals surface area contributed by atoms with Gasteiger partial charge in [-0.2, -0.15) is 5.10 Å². The summed E-state index contributed by atoms with van der Waals surface area (Å²) in [5.74, 6) is 0. The molecule has 0 saturated carbocycles. The summed E-state index contributed by atoms with van der Waals surface area (Å²) in [5.41, 5.74) is 11.2. The number of fused-ring (bicyclic) bond motifs is 2. The molecular weight excluding hydrogens is 456 g/mol. The standard InChI is InChI=1S/C31H30N6/c1-6-20(5)33-23(8-3)17-21(7-2)26-12-13-27-29(34-26)30(37-36-27)28-18-25-24(14-15-32-31(25)35-28)22-11-9-10-19(4)16-22/h7-18,33H,3,5-6H2,1-2,4H3,(H,32,35)(H,36,37)/b21-7+,23-17+. The van der Waals surface area contributed by atoms with Crippen LogP contribution in [0.3, 0.4) is 0 Å². The summed E-state index contributed by atoms with van der Waals surface area (Å²) in [4.78, 5) is 13.0. The zero-order chi connectivity index (χ0) is 25.9. The second-order valence-corrected chi connectivity index (χ2v) is 8.97. The average molecular weight is 487 g/mol. The molecule has 0 spiro atoms. The Morgan fingerprint density at radius 1 is 1.14 bits per heavy atom. The van der Waals surface area contributed by atoms with Gasteiger partial charge in [-0.15, -0.1) is 0 Å². The van der Waals surface area contributed by atoms with Crippen LogP contribution in [0.15, 0.2) is 97.5 Å². The van der Waals surface area contributed by atoms with Gasteiger partial charge in [-0.25, -0.2) is 9.97 Å². The molecule has 0 unspecified atom stereocenters. The van der Waals surface area contributed by atoms with Crippen LogP contribution in [0.5, 0.6) is 0 Å². The molecule has 0 fully saturated rings. The smallest absolute Gasteiger partial charge is 0.138 e. The molecule has 1 aromatic carbocycles. The van der Waals surface area contributed by atoms with Crippen molar-refractivity contribution in [3.8, 4) is 22.5 Å². The molecule has 5 rings (SSSR count). The Kier molecular flexibility index (Phi) is 6.56. The van der Waals surface area contributed by atoms with Crippen LogP contribution in [0, 0.1) is 6.92 Å². The minimum atomic E-state index is 0.755. The lowest BCUT2D eigenvalue weighted by Crippen LogP contribution is -2.09. The maximum atomic E-state index is 5.00. The fourth-order valence-electron chi connectivity index (χ4n) is 4.38. The maximum absolute atomic E-state index is 5.00. The molecular formula is C31H30N6. The van der Waals surface area contributed by atoms with E-state index in [4.69, 9.17) is 4.98 Å². The van der Waals surface area contributed by atoms with Gasteiger partial charge in [0.25, 0.3) is 0 Å². The van der Waals surface area contributed by atoms with Gasteiger partial charge in [-0.3, -0.25) is 5.10 Å². The normalized spacial score (nSPS) is 12.3. The lowest BCUT2D eigenvalue weighted by Gasteiger charge is -2.10. The predicted octanol–water partition coefficient (Wildman–Crippen LogP) is 7.46. The summed E-state index contributed by atoms with van der Waals surface area (Å²) in [5, 5.41) is 12.1. The fourth-order valence-corrected chi connectivity index (χ4v) is 4.38. The Labute approximate surface area is 216 Å². The lowest BCUT2D eigenvalue weighted by molar-refractivity contribution is 0.920. The van der Waals surface area contributed by atoms with E-state index < -0.39 is 0 Å². The molecule has 0 aliphatic rings. The van der Waals surface area contributed by atoms with Crippen molar-refractivity contribution < 1.29 is 0 Å². The molecule has 184 valence electrons. The molecule has 0 atom stereocenters. The summed E-state index contributed by atoms with van der Waals surface area (Å²) in [7, 11) is 0. The van der Waals surface area contributed by atoms with Gasteiger partial charge in [-0.05, 0) is 73.4 Å². The number of rotatable bonds is 8. The molecule has 0 amide bonds. The van der Waals surface area contributed by atoms with Crippen molar-refractivity contribution in [1.29, 1.82) is 0 Å². The van der Waals surface area contributed by atoms with Gasteiger partial charge in [0.2, 0.25) is 0 Å². The molecule has 3 N–H and O–H groups in total. The number of allylic oxidation sites excluding steroid dienone is 5. The highest BCUT2D eigenvalue weighted by Gasteiger charge is 2.16. The Morgan fingerprint density at radius 3 is 2.76 bits per heavy atom. The quantitative estimate of drug-likeness (QED) is 0.199. The van der Waals surface area contributed by atoms with E-state index in [-0.39, 0.29) is 0 Å². The van der Waals surface area contributed by atoms with Crippen LogP contribution in [-0.4, -0.2) is 25.1 Å². The first-order chi connectivity index (χ1) is 18.0. The Balaban J connectivity index is 1.58. The van der Waals surface area contributed by atoms with E-state index in [2.05, 4.69) is 88.9 Å². The van der Waals surface area contributed by atoms with E-state index in [9.17, 15) is 0 Å². The number of aromatic amines is 2. The van der Waals surface area contributed by atoms with E-state index >= 15 is 0 Å². The van der Waals surface area contributed by atoms with Gasteiger partial charge in [0.1, 0.15) is 16.9 Å². The van der Waals surface area contributed by atoms with E-state index in [1.807, 2.05) is 37.4 Å². The zero-order valence-corrected chi connectivity index (χ0v) is 21.4. The largest absolute Gasteiger partial charge is 0.359 e. The highest BCUT2D eigenvalue weighted by Crippen LogP contribution is 2.33. The third-order valence-electron chi connectivity index (χ3n) is 6.41. The van der Waals surface area contributed by atoms with E-state index in [0.29, 0.717) is 0 Å². The predicted molar refractivity (Wildman–Crippen MR) is 154 cm³/mol. The van der Waals surface area contributed by atoms with Crippen molar-refractivity contribution >= 4 is 27.6 Å². The topological polar surface area (TPSA) is 82.3 Å². The first-order valence-corrected chi connectivity index (χ1v) is 12.4. The third kappa shape index (κ3) is 4.74. The van der Waals surface area contributed by atoms with Crippen LogP contribution in [0.2, 0.25) is 0 Å². The molecule has 6 nitrogen and oxygen atoms in total. The summed E-state index contributed by atoms with van der Waals surface area (Å²) in [6, 6.07) is 16.7. The number of benzene rings is 1. The Morgan fingerprint density at radius 2 is 2.00 bits per heavy atom. The van der Waals surface area contributed by atoms with Crippen molar-refractivity contribution in [3.63, 3.8) is 0 Å². The van der Waals surface area contributed by atoms with Crippen LogP contribution in [0.1, 0.15) is 31.5 Å². The Bertz CT molecular complexity index is 1700. The second-order valence-electron chi connectivity index (χ2n) is 8.97. The molecule has 0 bridgehead atoms. The number of H-pyrrole nitrogens is 2. The van der Waals surface area contributed by atoms with E-state index in [0.717, 1.165) is 73.7 Å². The average Bonchev–Trinajstić information content (AvgIpc) is 3.54. The maximum Gasteiger partial charge on any atom is 0.138 e. The van der Waals surface area contributed by atoms with Gasteiger partial charge in [-0.1, -0.05) is 56.0 Å². The SMILES string of the molecule is C=C/C(=C\C(=C/C)c1ccc2[nH]nc(-c3cc4c(-c5cccc(C)c5)ccnc4[nH]3)c2n1)NC(=C)CC. The van der Waals surface area contributed by atoms with E-state index in [1.54, 1.807) is 6.08 Å². The molecule has 37 heavy (non-hydrogen) atoms. The van der Waals surface area contributed by atoms with Gasteiger partial charge < -0.3 is 10.3 Å². The monoisotopic (exact) mass is 486 g/mol. The lowest BCUT2D eigenvalue weighted by atomic mass is 10.0. The van der Waals surface area contributed by atoms with Crippen LogP contribution in [0.4, 0.5) is 0 Å². The van der Waals surface area contributed by atoms with Crippen molar-refractivity contribution in [2.45, 2.75) is 27.2 Å². The number of aryl methyl sites for hydroxylation is 1. The highest BCUT2D eigenvalue weighted by atomic mass is 15.1. The number of nitrogens with one attached hydrogen (secondary N) is 3. The molecule has 6 heteroatoms. The van der Waals surface area contributed by atoms with Crippen molar-refractivity contribution in [3.05, 3.63) is 109 Å². The number of hydrogen-bond acceptors (Lipinski definition) is 4. The number of hydrogen-bond donors (Lipinski definition) is 3. The molecule has 0 saturated heterocycles. The minimum absolute atomic E-state index is 0.755. The first-order valence-electron chi connectivity index (χ1n) is 12.4. The van der Waals surface area contributed by atoms with Crippen molar-refractivity contribution in [2.24, 2.45) is 0 Å².